The molecule has 0 aliphatic rings. The first-order chi connectivity index (χ1) is 7.33. The summed E-state index contributed by atoms with van der Waals surface area (Å²) in [5.74, 6) is 0. The van der Waals surface area contributed by atoms with E-state index in [0.717, 1.165) is 11.3 Å². The molecule has 0 spiro atoms. The summed E-state index contributed by atoms with van der Waals surface area (Å²) in [6.07, 6.45) is 3.33. The molecule has 76 valence electrons. The van der Waals surface area contributed by atoms with Gasteiger partial charge in [-0.1, -0.05) is 35.5 Å². The van der Waals surface area contributed by atoms with Gasteiger partial charge in [0.05, 0.1) is 18.2 Å². The number of nitroso groups, excluding NO2 is 1. The van der Waals surface area contributed by atoms with E-state index in [1.165, 1.54) is 0 Å². The van der Waals surface area contributed by atoms with Crippen LogP contribution < -0.4 is 0 Å². The Morgan fingerprint density at radius 3 is 2.60 bits per heavy atom. The predicted molar refractivity (Wildman–Crippen MR) is 57.3 cm³/mol. The number of rotatable bonds is 3. The monoisotopic (exact) mass is 201 g/mol. The zero-order valence-corrected chi connectivity index (χ0v) is 8.37. The quantitative estimate of drug-likeness (QED) is 0.715. The molecule has 0 saturated heterocycles. The van der Waals surface area contributed by atoms with Gasteiger partial charge in [0, 0.05) is 7.05 Å². The second-order valence-electron chi connectivity index (χ2n) is 3.35. The van der Waals surface area contributed by atoms with Crippen molar-refractivity contribution in [2.45, 2.75) is 6.04 Å². The molecule has 15 heavy (non-hydrogen) atoms. The lowest BCUT2D eigenvalue weighted by atomic mass is 10.1. The van der Waals surface area contributed by atoms with Gasteiger partial charge in [-0.05, 0) is 5.56 Å². The lowest BCUT2D eigenvalue weighted by Crippen LogP contribution is -2.02. The first-order valence-corrected chi connectivity index (χ1v) is 4.66. The van der Waals surface area contributed by atoms with Gasteiger partial charge in [0.1, 0.15) is 0 Å². The molecule has 4 nitrogen and oxygen atoms in total. The summed E-state index contributed by atoms with van der Waals surface area (Å²) in [7, 11) is 1.85. The Kier molecular flexibility index (Phi) is 2.58. The maximum absolute atomic E-state index is 10.9. The topological polar surface area (TPSA) is 47.2 Å². The van der Waals surface area contributed by atoms with E-state index in [2.05, 4.69) is 10.2 Å². The van der Waals surface area contributed by atoms with Crippen molar-refractivity contribution in [3.05, 3.63) is 59.0 Å². The maximum atomic E-state index is 10.9. The third kappa shape index (κ3) is 1.79. The Labute approximate surface area is 87.6 Å². The minimum absolute atomic E-state index is 0.473. The number of aromatic nitrogens is 2. The molecule has 0 aliphatic heterocycles. The highest BCUT2D eigenvalue weighted by molar-refractivity contribution is 5.27. The van der Waals surface area contributed by atoms with E-state index in [0.29, 0.717) is 0 Å². The number of hydrogen-bond donors (Lipinski definition) is 0. The van der Waals surface area contributed by atoms with Gasteiger partial charge in [-0.15, -0.1) is 4.91 Å². The molecule has 0 saturated carbocycles. The zero-order chi connectivity index (χ0) is 10.7. The molecule has 0 aliphatic carbocycles. The molecule has 0 amide bonds. The molecule has 4 heteroatoms. The fourth-order valence-corrected chi connectivity index (χ4v) is 1.55. The number of hydrogen-bond acceptors (Lipinski definition) is 3. The Balaban J connectivity index is 2.42. The fraction of sp³-hybridized carbons (Fsp3) is 0.182. The molecule has 0 bridgehead atoms. The molecule has 0 radical (unpaired) electrons. The van der Waals surface area contributed by atoms with E-state index in [-0.39, 0.29) is 0 Å². The van der Waals surface area contributed by atoms with Gasteiger partial charge in [-0.25, -0.2) is 4.98 Å². The summed E-state index contributed by atoms with van der Waals surface area (Å²) in [5, 5.41) is 3.15. The normalized spacial score (nSPS) is 12.3. The molecule has 1 atom stereocenters. The van der Waals surface area contributed by atoms with Crippen LogP contribution in [0.5, 0.6) is 0 Å². The third-order valence-electron chi connectivity index (χ3n) is 2.35. The van der Waals surface area contributed by atoms with Crippen molar-refractivity contribution in [3.63, 3.8) is 0 Å². The van der Waals surface area contributed by atoms with Crippen LogP contribution in [-0.2, 0) is 7.05 Å². The van der Waals surface area contributed by atoms with Crippen LogP contribution in [0.3, 0.4) is 0 Å². The Hall–Kier alpha value is -1.97. The van der Waals surface area contributed by atoms with Crippen LogP contribution in [0, 0.1) is 4.91 Å². The summed E-state index contributed by atoms with van der Waals surface area (Å²) in [6.45, 7) is 0. The number of nitrogens with zero attached hydrogens (tertiary/aromatic N) is 3. The average molecular weight is 201 g/mol. The highest BCUT2D eigenvalue weighted by Gasteiger charge is 2.16. The van der Waals surface area contributed by atoms with Crippen LogP contribution in [0.15, 0.2) is 48.0 Å². The van der Waals surface area contributed by atoms with Crippen LogP contribution in [0.1, 0.15) is 17.3 Å². The van der Waals surface area contributed by atoms with Crippen molar-refractivity contribution in [1.82, 2.24) is 9.55 Å². The molecular weight excluding hydrogens is 190 g/mol. The van der Waals surface area contributed by atoms with E-state index in [1.807, 2.05) is 37.4 Å². The van der Waals surface area contributed by atoms with Gasteiger partial charge >= 0.3 is 0 Å². The minimum atomic E-state index is -0.473. The lowest BCUT2D eigenvalue weighted by Gasteiger charge is -2.09. The van der Waals surface area contributed by atoms with Crippen molar-refractivity contribution in [2.24, 2.45) is 12.2 Å². The van der Waals surface area contributed by atoms with Gasteiger partial charge in [0.2, 0.25) is 0 Å². The second kappa shape index (κ2) is 4.04. The summed E-state index contributed by atoms with van der Waals surface area (Å²) in [5.41, 5.74) is 1.69. The van der Waals surface area contributed by atoms with Gasteiger partial charge in [-0.2, -0.15) is 0 Å². The summed E-state index contributed by atoms with van der Waals surface area (Å²) >= 11 is 0. The number of aryl methyl sites for hydroxylation is 1. The average Bonchev–Trinajstić information content (AvgIpc) is 2.68. The zero-order valence-electron chi connectivity index (χ0n) is 8.37. The van der Waals surface area contributed by atoms with E-state index in [4.69, 9.17) is 0 Å². The van der Waals surface area contributed by atoms with Crippen LogP contribution in [-0.4, -0.2) is 9.55 Å². The largest absolute Gasteiger partial charge is 0.335 e. The van der Waals surface area contributed by atoms with E-state index in [1.54, 1.807) is 17.1 Å². The van der Waals surface area contributed by atoms with Gasteiger partial charge < -0.3 is 4.57 Å². The molecule has 2 aromatic rings. The van der Waals surface area contributed by atoms with Crippen LogP contribution in [0.2, 0.25) is 0 Å². The molecule has 0 N–H and O–H groups in total. The summed E-state index contributed by atoms with van der Waals surface area (Å²) < 4.78 is 1.80. The fourth-order valence-electron chi connectivity index (χ4n) is 1.55. The van der Waals surface area contributed by atoms with Crippen molar-refractivity contribution < 1.29 is 0 Å². The molecule has 1 aromatic heterocycles. The van der Waals surface area contributed by atoms with Crippen molar-refractivity contribution in [1.29, 1.82) is 0 Å². The van der Waals surface area contributed by atoms with Gasteiger partial charge in [0.15, 0.2) is 6.04 Å². The Bertz CT molecular complexity index is 450. The third-order valence-corrected chi connectivity index (χ3v) is 2.35. The van der Waals surface area contributed by atoms with Crippen LogP contribution in [0.4, 0.5) is 0 Å². The Morgan fingerprint density at radius 1 is 1.33 bits per heavy atom. The molecular formula is C11H11N3O. The van der Waals surface area contributed by atoms with Gasteiger partial charge in [0.25, 0.3) is 0 Å². The SMILES string of the molecule is Cn1cncc1C(N=O)c1ccccc1. The highest BCUT2D eigenvalue weighted by atomic mass is 16.3. The smallest absolute Gasteiger partial charge is 0.158 e. The van der Waals surface area contributed by atoms with Crippen molar-refractivity contribution >= 4 is 0 Å². The van der Waals surface area contributed by atoms with E-state index < -0.39 is 6.04 Å². The number of benzene rings is 1. The molecule has 0 fully saturated rings. The minimum Gasteiger partial charge on any atom is -0.335 e. The molecule has 2 rings (SSSR count). The van der Waals surface area contributed by atoms with Crippen molar-refractivity contribution in [2.75, 3.05) is 0 Å². The predicted octanol–water partition coefficient (Wildman–Crippen LogP) is 2.28. The second-order valence-corrected chi connectivity index (χ2v) is 3.35. The highest BCUT2D eigenvalue weighted by Crippen LogP contribution is 2.24. The molecule has 1 unspecified atom stereocenters. The summed E-state index contributed by atoms with van der Waals surface area (Å²) in [6, 6.07) is 9.00. The van der Waals surface area contributed by atoms with Crippen molar-refractivity contribution in [3.8, 4) is 0 Å². The standard InChI is InChI=1S/C11H11N3O/c1-14-8-12-7-10(14)11(13-15)9-5-3-2-4-6-9/h2-8,11H,1H3. The van der Waals surface area contributed by atoms with E-state index in [9.17, 15) is 4.91 Å². The summed E-state index contributed by atoms with van der Waals surface area (Å²) in [4.78, 5) is 14.8. The van der Waals surface area contributed by atoms with Gasteiger partial charge in [-0.3, -0.25) is 0 Å². The first kappa shape index (κ1) is 9.58. The lowest BCUT2D eigenvalue weighted by molar-refractivity contribution is 0.743. The number of imidazole rings is 1. The van der Waals surface area contributed by atoms with Crippen LogP contribution in [0.25, 0.3) is 0 Å². The first-order valence-electron chi connectivity index (χ1n) is 4.66. The van der Waals surface area contributed by atoms with Crippen LogP contribution >= 0.6 is 0 Å². The van der Waals surface area contributed by atoms with E-state index >= 15 is 0 Å². The Morgan fingerprint density at radius 2 is 2.07 bits per heavy atom. The molecule has 1 heterocycles. The maximum Gasteiger partial charge on any atom is 0.158 e. The molecule has 1 aromatic carbocycles.